The fourth-order valence-electron chi connectivity index (χ4n) is 2.44. The van der Waals surface area contributed by atoms with Crippen LogP contribution in [0, 0.1) is 11.6 Å². The Balaban J connectivity index is 2.00. The van der Waals surface area contributed by atoms with Crippen molar-refractivity contribution in [1.29, 1.82) is 0 Å². The number of halogens is 8. The van der Waals surface area contributed by atoms with E-state index < -0.39 is 36.8 Å². The topological polar surface area (TPSA) is 0 Å². The van der Waals surface area contributed by atoms with Gasteiger partial charge in [-0.05, 0) is 46.5 Å². The second-order valence-electron chi connectivity index (χ2n) is 5.93. The largest absolute Gasteiger partial charge is 0.393 e. The summed E-state index contributed by atoms with van der Waals surface area (Å²) in [5.74, 6) is -1.31. The first-order valence-corrected chi connectivity index (χ1v) is 10.3. The van der Waals surface area contributed by atoms with Crippen molar-refractivity contribution in [1.82, 2.24) is 0 Å². The van der Waals surface area contributed by atoms with Crippen LogP contribution in [0.3, 0.4) is 0 Å². The van der Waals surface area contributed by atoms with Crippen LogP contribution in [0.25, 0.3) is 0 Å². The van der Waals surface area contributed by atoms with E-state index >= 15 is 0 Å². The fraction of sp³-hybridized carbons (Fsp3) is 0.333. The lowest BCUT2D eigenvalue weighted by Crippen LogP contribution is -2.13. The third kappa shape index (κ3) is 7.90. The van der Waals surface area contributed by atoms with Crippen LogP contribution in [0.2, 0.25) is 0 Å². The molecule has 0 aliphatic carbocycles. The van der Waals surface area contributed by atoms with Crippen molar-refractivity contribution in [3.8, 4) is 0 Å². The van der Waals surface area contributed by atoms with E-state index in [0.29, 0.717) is 11.1 Å². The Labute approximate surface area is 164 Å². The van der Waals surface area contributed by atoms with E-state index in [9.17, 15) is 35.1 Å². The molecule has 0 amide bonds. The lowest BCUT2D eigenvalue weighted by Gasteiger charge is -2.13. The molecule has 0 spiro atoms. The third-order valence-electron chi connectivity index (χ3n) is 3.63. The summed E-state index contributed by atoms with van der Waals surface area (Å²) >= 11 is 0. The molecule has 0 atom stereocenters. The molecule has 154 valence electrons. The first-order valence-electron chi connectivity index (χ1n) is 7.85. The van der Waals surface area contributed by atoms with Gasteiger partial charge < -0.3 is 0 Å². The molecule has 0 unspecified atom stereocenters. The molecule has 2 rings (SSSR count). The first-order chi connectivity index (χ1) is 12.9. The predicted octanol–water partition coefficient (Wildman–Crippen LogP) is 7.26. The summed E-state index contributed by atoms with van der Waals surface area (Å²) in [5, 5.41) is 0. The van der Waals surface area contributed by atoms with E-state index in [1.54, 1.807) is 0 Å². The Morgan fingerprint density at radius 1 is 0.571 bits per heavy atom. The maximum Gasteiger partial charge on any atom is 0.393 e. The molecule has 0 saturated heterocycles. The Morgan fingerprint density at radius 3 is 1.25 bits per heavy atom. The van der Waals surface area contributed by atoms with E-state index in [1.807, 2.05) is 0 Å². The number of alkyl halides is 6. The van der Waals surface area contributed by atoms with Gasteiger partial charge >= 0.3 is 12.4 Å². The summed E-state index contributed by atoms with van der Waals surface area (Å²) in [4.78, 5) is 0. The van der Waals surface area contributed by atoms with Crippen LogP contribution in [0.15, 0.2) is 36.4 Å². The second-order valence-corrected chi connectivity index (χ2v) is 8.40. The fourth-order valence-corrected chi connectivity index (χ4v) is 4.69. The Morgan fingerprint density at radius 2 is 0.929 bits per heavy atom. The van der Waals surface area contributed by atoms with E-state index in [1.165, 1.54) is 12.1 Å². The number of rotatable bonds is 7. The van der Waals surface area contributed by atoms with Gasteiger partial charge in [0.25, 0.3) is 0 Å². The normalized spacial score (nSPS) is 12.4. The molecule has 2 aromatic rings. The molecule has 0 aromatic heterocycles. The minimum absolute atomic E-state index is 0.117. The van der Waals surface area contributed by atoms with Gasteiger partial charge in [0, 0.05) is 11.5 Å². The Kier molecular flexibility index (Phi) is 7.66. The SMILES string of the molecule is Fc1ccc(CSSCc2ccc(F)cc2CC(F)(F)F)c(CC(F)(F)F)c1. The minimum atomic E-state index is -4.49. The highest BCUT2D eigenvalue weighted by Gasteiger charge is 2.30. The standard InChI is InChI=1S/C18H14F8S2/c19-15-3-1-11(13(5-15)7-17(21,22)23)9-27-28-10-12-2-4-16(20)6-14(12)8-18(24,25)26/h1-6H,7-10H2. The molecular weight excluding hydrogens is 432 g/mol. The lowest BCUT2D eigenvalue weighted by molar-refractivity contribution is -0.128. The highest BCUT2D eigenvalue weighted by molar-refractivity contribution is 8.76. The van der Waals surface area contributed by atoms with Crippen LogP contribution >= 0.6 is 21.6 Å². The zero-order valence-corrected chi connectivity index (χ0v) is 15.8. The van der Waals surface area contributed by atoms with Crippen LogP contribution in [-0.2, 0) is 24.3 Å². The molecule has 0 radical (unpaired) electrons. The van der Waals surface area contributed by atoms with Crippen LogP contribution in [0.1, 0.15) is 22.3 Å². The summed E-state index contributed by atoms with van der Waals surface area (Å²) in [7, 11) is 2.26. The molecule has 0 saturated carbocycles. The van der Waals surface area contributed by atoms with Crippen molar-refractivity contribution in [2.45, 2.75) is 36.7 Å². The number of benzene rings is 2. The summed E-state index contributed by atoms with van der Waals surface area (Å²) in [5.41, 5.74) is 0.233. The molecule has 28 heavy (non-hydrogen) atoms. The number of hydrogen-bond donors (Lipinski definition) is 0. The van der Waals surface area contributed by atoms with Gasteiger partial charge in [-0.2, -0.15) is 26.3 Å². The lowest BCUT2D eigenvalue weighted by atomic mass is 10.1. The van der Waals surface area contributed by atoms with Crippen LogP contribution in [0.5, 0.6) is 0 Å². The molecule has 0 nitrogen and oxygen atoms in total. The maximum atomic E-state index is 13.2. The minimum Gasteiger partial charge on any atom is -0.207 e. The average Bonchev–Trinajstić information content (AvgIpc) is 2.52. The monoisotopic (exact) mass is 446 g/mol. The predicted molar refractivity (Wildman–Crippen MR) is 94.9 cm³/mol. The van der Waals surface area contributed by atoms with Crippen molar-refractivity contribution < 1.29 is 35.1 Å². The highest BCUT2D eigenvalue weighted by atomic mass is 33.1. The van der Waals surface area contributed by atoms with Crippen molar-refractivity contribution >= 4 is 21.6 Å². The molecule has 0 fully saturated rings. The van der Waals surface area contributed by atoms with Gasteiger partial charge in [-0.1, -0.05) is 33.7 Å². The van der Waals surface area contributed by atoms with Crippen molar-refractivity contribution in [3.63, 3.8) is 0 Å². The highest BCUT2D eigenvalue weighted by Crippen LogP contribution is 2.34. The Bertz CT molecular complexity index is 732. The van der Waals surface area contributed by atoms with Gasteiger partial charge in [-0.25, -0.2) is 8.78 Å². The molecule has 0 N–H and O–H groups in total. The van der Waals surface area contributed by atoms with Gasteiger partial charge in [0.05, 0.1) is 12.8 Å². The smallest absolute Gasteiger partial charge is 0.207 e. The van der Waals surface area contributed by atoms with E-state index in [2.05, 4.69) is 0 Å². The van der Waals surface area contributed by atoms with Crippen molar-refractivity contribution in [2.75, 3.05) is 0 Å². The van der Waals surface area contributed by atoms with Gasteiger partial charge in [-0.3, -0.25) is 0 Å². The molecule has 0 bridgehead atoms. The van der Waals surface area contributed by atoms with Crippen LogP contribution < -0.4 is 0 Å². The molecule has 0 aliphatic rings. The molecule has 10 heteroatoms. The van der Waals surface area contributed by atoms with Gasteiger partial charge in [0.15, 0.2) is 0 Å². The third-order valence-corrected chi connectivity index (χ3v) is 5.86. The summed E-state index contributed by atoms with van der Waals surface area (Å²) in [6, 6.07) is 6.29. The molecule has 0 heterocycles. The quantitative estimate of drug-likeness (QED) is 0.250. The van der Waals surface area contributed by atoms with Crippen molar-refractivity contribution in [2.24, 2.45) is 0 Å². The molecule has 2 aromatic carbocycles. The maximum absolute atomic E-state index is 13.2. The van der Waals surface area contributed by atoms with Crippen molar-refractivity contribution in [3.05, 3.63) is 70.3 Å². The second kappa shape index (κ2) is 9.39. The summed E-state index contributed by atoms with van der Waals surface area (Å²) in [6.07, 6.45) is -11.5. The molecule has 0 aliphatic heterocycles. The van der Waals surface area contributed by atoms with Crippen LogP contribution in [0.4, 0.5) is 35.1 Å². The van der Waals surface area contributed by atoms with Crippen LogP contribution in [-0.4, -0.2) is 12.4 Å². The zero-order chi connectivity index (χ0) is 20.9. The molecular formula is C18H14F8S2. The van der Waals surface area contributed by atoms with Gasteiger partial charge in [0.2, 0.25) is 0 Å². The van der Waals surface area contributed by atoms with Gasteiger partial charge in [0.1, 0.15) is 11.6 Å². The van der Waals surface area contributed by atoms with E-state index in [0.717, 1.165) is 45.9 Å². The summed E-state index contributed by atoms with van der Waals surface area (Å²) in [6.45, 7) is 0. The van der Waals surface area contributed by atoms with Gasteiger partial charge in [-0.15, -0.1) is 0 Å². The van der Waals surface area contributed by atoms with E-state index in [-0.39, 0.29) is 22.6 Å². The summed E-state index contributed by atoms with van der Waals surface area (Å²) < 4.78 is 102. The van der Waals surface area contributed by atoms with E-state index in [4.69, 9.17) is 0 Å². The Hall–Kier alpha value is -1.42. The first kappa shape index (κ1) is 22.9. The average molecular weight is 446 g/mol. The number of hydrogen-bond acceptors (Lipinski definition) is 2. The zero-order valence-electron chi connectivity index (χ0n) is 14.1.